The van der Waals surface area contributed by atoms with Gasteiger partial charge < -0.3 is 4.74 Å². The molecule has 0 bridgehead atoms. The number of aryl methyl sites for hydroxylation is 3. The zero-order valence-corrected chi connectivity index (χ0v) is 18.5. The van der Waals surface area contributed by atoms with Gasteiger partial charge in [0.15, 0.2) is 0 Å². The molecule has 0 aromatic heterocycles. The minimum atomic E-state index is -0.289. The first-order valence-electron chi connectivity index (χ1n) is 10.0. The second kappa shape index (κ2) is 8.82. The zero-order chi connectivity index (χ0) is 22.0. The Morgan fingerprint density at radius 1 is 0.871 bits per heavy atom. The molecule has 1 saturated heterocycles. The molecule has 3 aromatic rings. The van der Waals surface area contributed by atoms with Crippen LogP contribution in [0.3, 0.4) is 0 Å². The van der Waals surface area contributed by atoms with E-state index in [1.54, 1.807) is 6.08 Å². The highest BCUT2D eigenvalue weighted by molar-refractivity contribution is 8.19. The highest BCUT2D eigenvalue weighted by Crippen LogP contribution is 2.37. The molecule has 2 amide bonds. The summed E-state index contributed by atoms with van der Waals surface area (Å²) in [5.74, 6) is 0.463. The molecule has 5 heteroatoms. The van der Waals surface area contributed by atoms with Crippen LogP contribution in [0, 0.1) is 20.8 Å². The Morgan fingerprint density at radius 3 is 2.26 bits per heavy atom. The first-order chi connectivity index (χ1) is 14.9. The van der Waals surface area contributed by atoms with Crippen molar-refractivity contribution in [2.75, 3.05) is 4.90 Å². The number of nitrogens with zero attached hydrogens (tertiary/aromatic N) is 1. The third-order valence-electron chi connectivity index (χ3n) is 5.10. The number of thioether (sulfide) groups is 1. The van der Waals surface area contributed by atoms with Gasteiger partial charge in [0.25, 0.3) is 11.1 Å². The standard InChI is InChI=1S/C26H23NO3S/c1-17-5-8-21(9-6-17)16-30-22-12-10-20(11-13-22)15-24-25(28)27(26(29)31-24)23-14-18(2)4-7-19(23)3/h4-15H,16H2,1-3H3/b24-15-. The summed E-state index contributed by atoms with van der Waals surface area (Å²) < 4.78 is 5.84. The van der Waals surface area contributed by atoms with Gasteiger partial charge in [0.05, 0.1) is 10.6 Å². The average Bonchev–Trinajstić information content (AvgIpc) is 3.03. The maximum Gasteiger partial charge on any atom is 0.298 e. The summed E-state index contributed by atoms with van der Waals surface area (Å²) in [6, 6.07) is 21.5. The molecule has 1 fully saturated rings. The largest absolute Gasteiger partial charge is 0.489 e. The minimum absolute atomic E-state index is 0.275. The molecule has 1 heterocycles. The fourth-order valence-electron chi connectivity index (χ4n) is 3.30. The van der Waals surface area contributed by atoms with Crippen LogP contribution < -0.4 is 9.64 Å². The molecule has 0 aliphatic carbocycles. The van der Waals surface area contributed by atoms with E-state index in [1.807, 2.05) is 56.3 Å². The van der Waals surface area contributed by atoms with Gasteiger partial charge in [-0.2, -0.15) is 0 Å². The lowest BCUT2D eigenvalue weighted by Gasteiger charge is -2.16. The smallest absolute Gasteiger partial charge is 0.298 e. The molecular formula is C26H23NO3S. The molecule has 0 spiro atoms. The van der Waals surface area contributed by atoms with E-state index in [-0.39, 0.29) is 11.1 Å². The SMILES string of the molecule is Cc1ccc(COc2ccc(/C=C3\SC(=O)N(c4cc(C)ccc4C)C3=O)cc2)cc1. The van der Waals surface area contributed by atoms with E-state index < -0.39 is 0 Å². The molecule has 1 aliphatic heterocycles. The molecule has 31 heavy (non-hydrogen) atoms. The van der Waals surface area contributed by atoms with Crippen LogP contribution in [0.2, 0.25) is 0 Å². The first-order valence-corrected chi connectivity index (χ1v) is 10.9. The van der Waals surface area contributed by atoms with E-state index in [1.165, 1.54) is 10.5 Å². The highest BCUT2D eigenvalue weighted by Gasteiger charge is 2.37. The number of ether oxygens (including phenoxy) is 1. The summed E-state index contributed by atoms with van der Waals surface area (Å²) in [4.78, 5) is 27.2. The van der Waals surface area contributed by atoms with Crippen LogP contribution in [-0.4, -0.2) is 11.1 Å². The molecule has 3 aromatic carbocycles. The van der Waals surface area contributed by atoms with Crippen LogP contribution in [0.25, 0.3) is 6.08 Å². The molecule has 0 N–H and O–H groups in total. The number of hydrogen-bond donors (Lipinski definition) is 0. The summed E-state index contributed by atoms with van der Waals surface area (Å²) in [6.07, 6.45) is 1.75. The fourth-order valence-corrected chi connectivity index (χ4v) is 4.13. The van der Waals surface area contributed by atoms with Gasteiger partial charge in [0, 0.05) is 0 Å². The van der Waals surface area contributed by atoms with Crippen molar-refractivity contribution in [1.82, 2.24) is 0 Å². The van der Waals surface area contributed by atoms with Crippen LogP contribution in [-0.2, 0) is 11.4 Å². The lowest BCUT2D eigenvalue weighted by molar-refractivity contribution is -0.113. The summed E-state index contributed by atoms with van der Waals surface area (Å²) in [5.41, 5.74) is 5.71. The number of rotatable bonds is 5. The van der Waals surface area contributed by atoms with Gasteiger partial charge in [-0.05, 0) is 79.1 Å². The van der Waals surface area contributed by atoms with Crippen molar-refractivity contribution in [3.8, 4) is 5.75 Å². The summed E-state index contributed by atoms with van der Waals surface area (Å²) in [5, 5.41) is -0.275. The van der Waals surface area contributed by atoms with Crippen molar-refractivity contribution in [2.24, 2.45) is 0 Å². The Labute approximate surface area is 186 Å². The van der Waals surface area contributed by atoms with Gasteiger partial charge in [0.1, 0.15) is 12.4 Å². The fraction of sp³-hybridized carbons (Fsp3) is 0.154. The maximum atomic E-state index is 12.9. The Bertz CT molecular complexity index is 1160. The van der Waals surface area contributed by atoms with Crippen LogP contribution in [0.1, 0.15) is 27.8 Å². The zero-order valence-electron chi connectivity index (χ0n) is 17.7. The van der Waals surface area contributed by atoms with Crippen LogP contribution in [0.4, 0.5) is 10.5 Å². The predicted octanol–water partition coefficient (Wildman–Crippen LogP) is 6.43. The highest BCUT2D eigenvalue weighted by atomic mass is 32.2. The van der Waals surface area contributed by atoms with Gasteiger partial charge in [0.2, 0.25) is 0 Å². The molecule has 0 radical (unpaired) electrons. The average molecular weight is 430 g/mol. The molecular weight excluding hydrogens is 406 g/mol. The van der Waals surface area contributed by atoms with E-state index in [2.05, 4.69) is 31.2 Å². The Kier molecular flexibility index (Phi) is 5.96. The van der Waals surface area contributed by atoms with Crippen LogP contribution in [0.15, 0.2) is 71.6 Å². The van der Waals surface area contributed by atoms with Gasteiger partial charge in [-0.1, -0.05) is 54.1 Å². The molecule has 4 nitrogen and oxygen atoms in total. The maximum absolute atomic E-state index is 12.9. The first kappa shape index (κ1) is 20.9. The Balaban J connectivity index is 1.47. The van der Waals surface area contributed by atoms with Crippen molar-refractivity contribution in [3.63, 3.8) is 0 Å². The van der Waals surface area contributed by atoms with Crippen molar-refractivity contribution in [3.05, 3.63) is 99.5 Å². The van der Waals surface area contributed by atoms with Crippen molar-refractivity contribution in [2.45, 2.75) is 27.4 Å². The van der Waals surface area contributed by atoms with Gasteiger partial charge in [-0.3, -0.25) is 9.59 Å². The molecule has 0 atom stereocenters. The van der Waals surface area contributed by atoms with E-state index in [4.69, 9.17) is 4.74 Å². The van der Waals surface area contributed by atoms with E-state index in [0.717, 1.165) is 39.8 Å². The monoisotopic (exact) mass is 429 g/mol. The number of carbonyl (C=O) groups excluding carboxylic acids is 2. The van der Waals surface area contributed by atoms with E-state index in [0.29, 0.717) is 17.2 Å². The Morgan fingerprint density at radius 2 is 1.55 bits per heavy atom. The normalized spacial score (nSPS) is 15.1. The van der Waals surface area contributed by atoms with Crippen molar-refractivity contribution < 1.29 is 14.3 Å². The lowest BCUT2D eigenvalue weighted by Crippen LogP contribution is -2.28. The number of benzene rings is 3. The number of carbonyl (C=O) groups is 2. The predicted molar refractivity (Wildman–Crippen MR) is 126 cm³/mol. The number of amides is 2. The molecule has 156 valence electrons. The summed E-state index contributed by atoms with van der Waals surface area (Å²) in [7, 11) is 0. The van der Waals surface area contributed by atoms with Gasteiger partial charge >= 0.3 is 0 Å². The number of hydrogen-bond acceptors (Lipinski definition) is 4. The van der Waals surface area contributed by atoms with E-state index in [9.17, 15) is 9.59 Å². The third-order valence-corrected chi connectivity index (χ3v) is 5.97. The van der Waals surface area contributed by atoms with Crippen LogP contribution in [0.5, 0.6) is 5.75 Å². The van der Waals surface area contributed by atoms with Crippen molar-refractivity contribution in [1.29, 1.82) is 0 Å². The van der Waals surface area contributed by atoms with Crippen molar-refractivity contribution >= 4 is 34.7 Å². The third kappa shape index (κ3) is 4.72. The van der Waals surface area contributed by atoms with Gasteiger partial charge in [-0.15, -0.1) is 0 Å². The summed E-state index contributed by atoms with van der Waals surface area (Å²) >= 11 is 0.966. The van der Waals surface area contributed by atoms with Gasteiger partial charge in [-0.25, -0.2) is 4.90 Å². The molecule has 1 aliphatic rings. The van der Waals surface area contributed by atoms with E-state index >= 15 is 0 Å². The molecule has 4 rings (SSSR count). The topological polar surface area (TPSA) is 46.6 Å². The molecule has 0 saturated carbocycles. The number of anilines is 1. The second-order valence-electron chi connectivity index (χ2n) is 7.65. The Hall–Kier alpha value is -3.31. The second-order valence-corrected chi connectivity index (χ2v) is 8.64. The summed E-state index contributed by atoms with van der Waals surface area (Å²) in [6.45, 7) is 6.39. The number of imide groups is 1. The molecule has 0 unspecified atom stereocenters. The van der Waals surface area contributed by atoms with Crippen LogP contribution >= 0.6 is 11.8 Å². The lowest BCUT2D eigenvalue weighted by atomic mass is 10.1. The quantitative estimate of drug-likeness (QED) is 0.438. The minimum Gasteiger partial charge on any atom is -0.489 e.